The molecule has 0 spiro atoms. The van der Waals surface area contributed by atoms with E-state index in [0.717, 1.165) is 32.6 Å². The molecule has 4 nitrogen and oxygen atoms in total. The molecule has 4 heteroatoms. The molecule has 1 fully saturated rings. The number of rotatable bonds is 4. The van der Waals surface area contributed by atoms with Crippen molar-refractivity contribution in [3.8, 4) is 0 Å². The monoisotopic (exact) mass is 285 g/mol. The van der Waals surface area contributed by atoms with Crippen molar-refractivity contribution in [2.75, 3.05) is 19.6 Å². The van der Waals surface area contributed by atoms with Crippen LogP contribution in [0.25, 0.3) is 10.9 Å². The Bertz CT molecular complexity index is 647. The molecule has 0 unspecified atom stereocenters. The highest BCUT2D eigenvalue weighted by Crippen LogP contribution is 2.21. The number of hydrogen-bond acceptors (Lipinski definition) is 2. The second kappa shape index (κ2) is 5.90. The molecule has 1 N–H and O–H groups in total. The number of benzene rings is 1. The molecule has 1 aliphatic heterocycles. The topological polar surface area (TPSA) is 37.3 Å². The van der Waals surface area contributed by atoms with E-state index in [1.807, 2.05) is 6.92 Å². The fourth-order valence-electron chi connectivity index (χ4n) is 3.20. The van der Waals surface area contributed by atoms with Gasteiger partial charge in [0.15, 0.2) is 0 Å². The van der Waals surface area contributed by atoms with Crippen molar-refractivity contribution >= 4 is 16.8 Å². The summed E-state index contributed by atoms with van der Waals surface area (Å²) in [6.45, 7) is 5.51. The third-order valence-electron chi connectivity index (χ3n) is 4.35. The zero-order chi connectivity index (χ0) is 14.8. The Kier molecular flexibility index (Phi) is 3.97. The van der Waals surface area contributed by atoms with E-state index in [2.05, 4.69) is 52.3 Å². The molecule has 0 radical (unpaired) electrons. The van der Waals surface area contributed by atoms with Crippen LogP contribution in [0, 0.1) is 5.92 Å². The van der Waals surface area contributed by atoms with Crippen LogP contribution in [0.5, 0.6) is 0 Å². The molecule has 1 saturated heterocycles. The van der Waals surface area contributed by atoms with Crippen LogP contribution in [0.3, 0.4) is 0 Å². The number of nitrogens with one attached hydrogen (secondary N) is 1. The van der Waals surface area contributed by atoms with Crippen LogP contribution in [0.1, 0.15) is 18.9 Å². The predicted molar refractivity (Wildman–Crippen MR) is 85.0 cm³/mol. The van der Waals surface area contributed by atoms with E-state index in [9.17, 15) is 4.79 Å². The Morgan fingerprint density at radius 3 is 3.05 bits per heavy atom. The third-order valence-corrected chi connectivity index (χ3v) is 4.35. The highest BCUT2D eigenvalue weighted by molar-refractivity contribution is 5.81. The average molecular weight is 285 g/mol. The number of nitrogens with zero attached hydrogens (tertiary/aromatic N) is 2. The maximum Gasteiger partial charge on any atom is 0.224 e. The van der Waals surface area contributed by atoms with E-state index in [1.54, 1.807) is 0 Å². The van der Waals surface area contributed by atoms with Gasteiger partial charge >= 0.3 is 0 Å². The van der Waals surface area contributed by atoms with E-state index < -0.39 is 0 Å². The van der Waals surface area contributed by atoms with Gasteiger partial charge in [-0.2, -0.15) is 0 Å². The number of carbonyl (C=O) groups is 1. The molecule has 112 valence electrons. The fraction of sp³-hybridized carbons (Fsp3) is 0.471. The molecular formula is C17H23N3O. The first kappa shape index (κ1) is 14.1. The van der Waals surface area contributed by atoms with Gasteiger partial charge in [-0.25, -0.2) is 0 Å². The molecule has 1 atom stereocenters. The summed E-state index contributed by atoms with van der Waals surface area (Å²) < 4.78 is 2.14. The van der Waals surface area contributed by atoms with Crippen molar-refractivity contribution in [2.45, 2.75) is 19.9 Å². The highest BCUT2D eigenvalue weighted by atomic mass is 16.1. The van der Waals surface area contributed by atoms with Gasteiger partial charge in [0, 0.05) is 38.4 Å². The number of aromatic nitrogens is 1. The smallest absolute Gasteiger partial charge is 0.224 e. The Labute approximate surface area is 125 Å². The Balaban J connectivity index is 1.65. The summed E-state index contributed by atoms with van der Waals surface area (Å²) in [7, 11) is 2.07. The van der Waals surface area contributed by atoms with E-state index in [-0.39, 0.29) is 11.8 Å². The predicted octanol–water partition coefficient (Wildman–Crippen LogP) is 2.14. The number of likely N-dealkylation sites (tertiary alicyclic amines) is 1. The van der Waals surface area contributed by atoms with Gasteiger partial charge in [0.05, 0.1) is 5.92 Å². The van der Waals surface area contributed by atoms with E-state index in [1.165, 1.54) is 16.5 Å². The normalized spacial score (nSPS) is 19.2. The summed E-state index contributed by atoms with van der Waals surface area (Å²) in [5.74, 6) is 0.365. The van der Waals surface area contributed by atoms with Gasteiger partial charge in [-0.1, -0.05) is 6.07 Å². The zero-order valence-corrected chi connectivity index (χ0v) is 12.8. The lowest BCUT2D eigenvalue weighted by Gasteiger charge is -2.16. The Morgan fingerprint density at radius 2 is 2.24 bits per heavy atom. The number of hydrogen-bond donors (Lipinski definition) is 1. The molecule has 0 bridgehead atoms. The van der Waals surface area contributed by atoms with Gasteiger partial charge < -0.3 is 9.88 Å². The van der Waals surface area contributed by atoms with Crippen LogP contribution >= 0.6 is 0 Å². The lowest BCUT2D eigenvalue weighted by atomic mass is 10.1. The molecule has 1 aromatic carbocycles. The molecule has 1 amide bonds. The average Bonchev–Trinajstić information content (AvgIpc) is 3.07. The lowest BCUT2D eigenvalue weighted by Crippen LogP contribution is -2.32. The lowest BCUT2D eigenvalue weighted by molar-refractivity contribution is -0.124. The van der Waals surface area contributed by atoms with Crippen molar-refractivity contribution in [2.24, 2.45) is 13.0 Å². The van der Waals surface area contributed by atoms with Crippen molar-refractivity contribution < 1.29 is 4.79 Å². The summed E-state index contributed by atoms with van der Waals surface area (Å²) in [6, 6.07) is 8.79. The first-order chi connectivity index (χ1) is 10.2. The largest absolute Gasteiger partial charge is 0.356 e. The maximum atomic E-state index is 11.9. The molecular weight excluding hydrogens is 262 g/mol. The second-order valence-corrected chi connectivity index (χ2v) is 5.94. The molecule has 1 aromatic heterocycles. The van der Waals surface area contributed by atoms with E-state index >= 15 is 0 Å². The van der Waals surface area contributed by atoms with Crippen LogP contribution < -0.4 is 5.32 Å². The second-order valence-electron chi connectivity index (χ2n) is 5.94. The van der Waals surface area contributed by atoms with Gasteiger partial charge in [-0.15, -0.1) is 0 Å². The molecule has 2 aromatic rings. The standard InChI is InChI=1S/C17H23N3O/c1-3-18-17(21)15-7-9-20(12-15)11-13-4-5-16-14(10-13)6-8-19(16)2/h4-6,8,10,15H,3,7,9,11-12H2,1-2H3,(H,18,21)/t15-/m1/s1. The van der Waals surface area contributed by atoms with E-state index in [0.29, 0.717) is 0 Å². The fourth-order valence-corrected chi connectivity index (χ4v) is 3.20. The molecule has 21 heavy (non-hydrogen) atoms. The minimum absolute atomic E-state index is 0.158. The number of fused-ring (bicyclic) bond motifs is 1. The number of carbonyl (C=O) groups excluding carboxylic acids is 1. The van der Waals surface area contributed by atoms with Gasteiger partial charge in [0.25, 0.3) is 0 Å². The van der Waals surface area contributed by atoms with Crippen LogP contribution in [0.2, 0.25) is 0 Å². The maximum absolute atomic E-state index is 11.9. The minimum Gasteiger partial charge on any atom is -0.356 e. The quantitative estimate of drug-likeness (QED) is 0.934. The Hall–Kier alpha value is -1.81. The van der Waals surface area contributed by atoms with Crippen molar-refractivity contribution in [3.63, 3.8) is 0 Å². The molecule has 2 heterocycles. The van der Waals surface area contributed by atoms with Crippen molar-refractivity contribution in [1.29, 1.82) is 0 Å². The summed E-state index contributed by atoms with van der Waals surface area (Å²) in [5.41, 5.74) is 2.59. The molecule has 0 saturated carbocycles. The summed E-state index contributed by atoms with van der Waals surface area (Å²) in [6.07, 6.45) is 3.06. The minimum atomic E-state index is 0.158. The summed E-state index contributed by atoms with van der Waals surface area (Å²) in [5, 5.41) is 4.22. The van der Waals surface area contributed by atoms with E-state index in [4.69, 9.17) is 0 Å². The van der Waals surface area contributed by atoms with Gasteiger partial charge in [0.2, 0.25) is 5.91 Å². The molecule has 0 aliphatic carbocycles. The number of amides is 1. The zero-order valence-electron chi connectivity index (χ0n) is 12.8. The van der Waals surface area contributed by atoms with Gasteiger partial charge in [0.1, 0.15) is 0 Å². The van der Waals surface area contributed by atoms with Crippen LogP contribution in [0.15, 0.2) is 30.5 Å². The van der Waals surface area contributed by atoms with Gasteiger partial charge in [-0.3, -0.25) is 9.69 Å². The molecule has 3 rings (SSSR count). The SMILES string of the molecule is CCNC(=O)[C@@H]1CCN(Cc2ccc3c(ccn3C)c2)C1. The first-order valence-corrected chi connectivity index (χ1v) is 7.71. The van der Waals surface area contributed by atoms with Crippen LogP contribution in [0.4, 0.5) is 0 Å². The third kappa shape index (κ3) is 2.95. The van der Waals surface area contributed by atoms with Crippen molar-refractivity contribution in [1.82, 2.24) is 14.8 Å². The van der Waals surface area contributed by atoms with Gasteiger partial charge in [-0.05, 0) is 49.0 Å². The summed E-state index contributed by atoms with van der Waals surface area (Å²) in [4.78, 5) is 14.3. The number of aryl methyl sites for hydroxylation is 1. The molecule has 1 aliphatic rings. The first-order valence-electron chi connectivity index (χ1n) is 7.71. The highest BCUT2D eigenvalue weighted by Gasteiger charge is 2.27. The Morgan fingerprint density at radius 1 is 1.38 bits per heavy atom. The van der Waals surface area contributed by atoms with Crippen LogP contribution in [-0.2, 0) is 18.4 Å². The summed E-state index contributed by atoms with van der Waals surface area (Å²) >= 11 is 0. The van der Waals surface area contributed by atoms with Crippen LogP contribution in [-0.4, -0.2) is 35.0 Å². The van der Waals surface area contributed by atoms with Crippen molar-refractivity contribution in [3.05, 3.63) is 36.0 Å².